The summed E-state index contributed by atoms with van der Waals surface area (Å²) in [7, 11) is 4.08. The number of imidazole rings is 1. The number of hydrogen-bond acceptors (Lipinski definition) is 3. The van der Waals surface area contributed by atoms with Crippen molar-refractivity contribution >= 4 is 0 Å². The summed E-state index contributed by atoms with van der Waals surface area (Å²) in [5.74, 6) is 1.13. The van der Waals surface area contributed by atoms with Crippen LogP contribution in [0.2, 0.25) is 0 Å². The fraction of sp³-hybridized carbons (Fsp3) is 0.571. The third-order valence-electron chi connectivity index (χ3n) is 4.04. The van der Waals surface area contributed by atoms with Crippen LogP contribution in [0, 0.1) is 0 Å². The Balaban J connectivity index is 1.61. The zero-order chi connectivity index (χ0) is 13.2. The first-order valence-electron chi connectivity index (χ1n) is 6.96. The van der Waals surface area contributed by atoms with Crippen LogP contribution in [-0.4, -0.2) is 25.9 Å². The minimum atomic E-state index is 0.456. The van der Waals surface area contributed by atoms with Crippen LogP contribution in [0.4, 0.5) is 0 Å². The molecule has 2 heterocycles. The van der Waals surface area contributed by atoms with Crippen LogP contribution in [-0.2, 0) is 26.9 Å². The van der Waals surface area contributed by atoms with Crippen LogP contribution < -0.4 is 5.32 Å². The summed E-state index contributed by atoms with van der Waals surface area (Å²) < 4.78 is 4.10. The molecule has 19 heavy (non-hydrogen) atoms. The lowest BCUT2D eigenvalue weighted by molar-refractivity contribution is 0.452. The van der Waals surface area contributed by atoms with Crippen molar-refractivity contribution in [2.24, 2.45) is 14.1 Å². The molecule has 5 heteroatoms. The molecule has 0 aliphatic heterocycles. The first-order valence-corrected chi connectivity index (χ1v) is 6.96. The number of aryl methyl sites for hydroxylation is 2. The van der Waals surface area contributed by atoms with Gasteiger partial charge in [-0.05, 0) is 19.3 Å². The van der Waals surface area contributed by atoms with Crippen molar-refractivity contribution in [2.45, 2.75) is 31.7 Å². The molecule has 2 aromatic rings. The Bertz CT molecular complexity index is 554. The molecule has 3 rings (SSSR count). The largest absolute Gasteiger partial charge is 0.338 e. The van der Waals surface area contributed by atoms with Gasteiger partial charge in [0.1, 0.15) is 5.82 Å². The van der Waals surface area contributed by atoms with Gasteiger partial charge in [-0.3, -0.25) is 4.68 Å². The number of nitrogens with zero attached hydrogens (tertiary/aromatic N) is 4. The van der Waals surface area contributed by atoms with E-state index >= 15 is 0 Å². The Morgan fingerprint density at radius 1 is 1.42 bits per heavy atom. The van der Waals surface area contributed by atoms with Gasteiger partial charge in [0.15, 0.2) is 0 Å². The minimum absolute atomic E-state index is 0.456. The molecule has 0 radical (unpaired) electrons. The van der Waals surface area contributed by atoms with E-state index in [1.165, 1.54) is 24.1 Å². The zero-order valence-corrected chi connectivity index (χ0v) is 11.6. The second-order valence-electron chi connectivity index (χ2n) is 5.27. The van der Waals surface area contributed by atoms with Crippen LogP contribution in [0.3, 0.4) is 0 Å². The molecule has 1 aliphatic rings. The summed E-state index contributed by atoms with van der Waals surface area (Å²) >= 11 is 0. The maximum absolute atomic E-state index is 4.38. The second-order valence-corrected chi connectivity index (χ2v) is 5.27. The van der Waals surface area contributed by atoms with E-state index in [-0.39, 0.29) is 0 Å². The maximum atomic E-state index is 4.38. The molecule has 1 atom stereocenters. The molecule has 0 saturated heterocycles. The van der Waals surface area contributed by atoms with E-state index in [1.807, 2.05) is 37.4 Å². The van der Waals surface area contributed by atoms with Gasteiger partial charge in [-0.15, -0.1) is 0 Å². The highest BCUT2D eigenvalue weighted by Crippen LogP contribution is 2.28. The van der Waals surface area contributed by atoms with Crippen LogP contribution in [0.5, 0.6) is 0 Å². The molecule has 0 aromatic carbocycles. The number of aromatic nitrogens is 4. The topological polar surface area (TPSA) is 47.7 Å². The fourth-order valence-electron chi connectivity index (χ4n) is 2.91. The standard InChI is InChI=1S/C14H21N5/c1-18-9-8-16-14(18)6-7-15-12-4-3-5-13-11(12)10-17-19(13)2/h8-10,12,15H,3-7H2,1-2H3. The van der Waals surface area contributed by atoms with Crippen molar-refractivity contribution in [2.75, 3.05) is 6.54 Å². The van der Waals surface area contributed by atoms with Crippen molar-refractivity contribution in [3.05, 3.63) is 35.7 Å². The van der Waals surface area contributed by atoms with Crippen molar-refractivity contribution in [1.82, 2.24) is 24.6 Å². The molecule has 0 saturated carbocycles. The van der Waals surface area contributed by atoms with Crippen molar-refractivity contribution in [1.29, 1.82) is 0 Å². The average molecular weight is 259 g/mol. The smallest absolute Gasteiger partial charge is 0.109 e. The second kappa shape index (κ2) is 5.17. The lowest BCUT2D eigenvalue weighted by atomic mass is 9.93. The van der Waals surface area contributed by atoms with Crippen LogP contribution in [0.1, 0.15) is 36.0 Å². The highest BCUT2D eigenvalue weighted by Gasteiger charge is 2.22. The molecule has 2 aromatic heterocycles. The SMILES string of the molecule is Cn1ccnc1CCNC1CCCc2c1cnn2C. The van der Waals surface area contributed by atoms with E-state index in [9.17, 15) is 0 Å². The van der Waals surface area contributed by atoms with Gasteiger partial charge in [-0.1, -0.05) is 0 Å². The highest BCUT2D eigenvalue weighted by molar-refractivity contribution is 5.24. The summed E-state index contributed by atoms with van der Waals surface area (Å²) in [5, 5.41) is 8.03. The van der Waals surface area contributed by atoms with E-state index < -0.39 is 0 Å². The molecule has 0 spiro atoms. The molecular weight excluding hydrogens is 238 g/mol. The molecule has 5 nitrogen and oxygen atoms in total. The summed E-state index contributed by atoms with van der Waals surface area (Å²) in [6.45, 7) is 0.962. The predicted molar refractivity (Wildman–Crippen MR) is 73.8 cm³/mol. The Morgan fingerprint density at radius 3 is 3.11 bits per heavy atom. The first kappa shape index (κ1) is 12.4. The fourth-order valence-corrected chi connectivity index (χ4v) is 2.91. The van der Waals surface area contributed by atoms with Crippen LogP contribution in [0.15, 0.2) is 18.6 Å². The van der Waals surface area contributed by atoms with Gasteiger partial charge in [-0.2, -0.15) is 5.10 Å². The summed E-state index contributed by atoms with van der Waals surface area (Å²) in [5.41, 5.74) is 2.77. The maximum Gasteiger partial charge on any atom is 0.109 e. The van der Waals surface area contributed by atoms with Gasteiger partial charge in [-0.25, -0.2) is 4.98 Å². The normalized spacial score (nSPS) is 18.5. The number of hydrogen-bond donors (Lipinski definition) is 1. The van der Waals surface area contributed by atoms with Crippen LogP contribution in [0.25, 0.3) is 0 Å². The Labute approximate surface area is 113 Å². The van der Waals surface area contributed by atoms with E-state index in [1.54, 1.807) is 0 Å². The number of rotatable bonds is 4. The molecule has 102 valence electrons. The van der Waals surface area contributed by atoms with Crippen molar-refractivity contribution < 1.29 is 0 Å². The number of nitrogens with one attached hydrogen (secondary N) is 1. The van der Waals surface area contributed by atoms with E-state index in [0.717, 1.165) is 25.2 Å². The lowest BCUT2D eigenvalue weighted by Gasteiger charge is -2.23. The molecule has 0 amide bonds. The average Bonchev–Trinajstić information content (AvgIpc) is 2.98. The molecular formula is C14H21N5. The van der Waals surface area contributed by atoms with Gasteiger partial charge < -0.3 is 9.88 Å². The predicted octanol–water partition coefficient (Wildman–Crippen LogP) is 1.36. The Morgan fingerprint density at radius 2 is 2.32 bits per heavy atom. The third-order valence-corrected chi connectivity index (χ3v) is 4.04. The van der Waals surface area contributed by atoms with Gasteiger partial charge in [0.2, 0.25) is 0 Å². The molecule has 1 N–H and O–H groups in total. The van der Waals surface area contributed by atoms with Gasteiger partial charge in [0, 0.05) is 56.8 Å². The summed E-state index contributed by atoms with van der Waals surface area (Å²) in [6, 6.07) is 0.456. The monoisotopic (exact) mass is 259 g/mol. The van der Waals surface area contributed by atoms with Gasteiger partial charge in [0.05, 0.1) is 6.20 Å². The lowest BCUT2D eigenvalue weighted by Crippen LogP contribution is -2.27. The molecule has 0 bridgehead atoms. The quantitative estimate of drug-likeness (QED) is 0.902. The molecule has 1 aliphatic carbocycles. The summed E-state index contributed by atoms with van der Waals surface area (Å²) in [4.78, 5) is 4.35. The van der Waals surface area contributed by atoms with E-state index in [4.69, 9.17) is 0 Å². The van der Waals surface area contributed by atoms with E-state index in [2.05, 4.69) is 20.0 Å². The first-order chi connectivity index (χ1) is 9.25. The highest BCUT2D eigenvalue weighted by atomic mass is 15.3. The zero-order valence-electron chi connectivity index (χ0n) is 11.6. The number of fused-ring (bicyclic) bond motifs is 1. The van der Waals surface area contributed by atoms with Gasteiger partial charge >= 0.3 is 0 Å². The minimum Gasteiger partial charge on any atom is -0.338 e. The Hall–Kier alpha value is -1.62. The van der Waals surface area contributed by atoms with Crippen molar-refractivity contribution in [3.8, 4) is 0 Å². The third kappa shape index (κ3) is 2.42. The van der Waals surface area contributed by atoms with Crippen LogP contribution >= 0.6 is 0 Å². The van der Waals surface area contributed by atoms with Crippen molar-refractivity contribution in [3.63, 3.8) is 0 Å². The van der Waals surface area contributed by atoms with E-state index in [0.29, 0.717) is 6.04 Å². The molecule has 0 fully saturated rings. The molecule has 1 unspecified atom stereocenters. The van der Waals surface area contributed by atoms with Gasteiger partial charge in [0.25, 0.3) is 0 Å². The Kier molecular flexibility index (Phi) is 3.38. The summed E-state index contributed by atoms with van der Waals surface area (Å²) in [6.07, 6.45) is 10.4.